The largest absolute Gasteiger partial charge is 0.481 e. The summed E-state index contributed by atoms with van der Waals surface area (Å²) in [6, 6.07) is 6.42. The number of carbonyl (C=O) groups is 1. The van der Waals surface area contributed by atoms with Gasteiger partial charge in [0.05, 0.1) is 13.0 Å². The van der Waals surface area contributed by atoms with Gasteiger partial charge in [0.15, 0.2) is 0 Å². The number of hydrogen-bond donors (Lipinski definition) is 2. The number of hydrogen-bond acceptors (Lipinski definition) is 4. The number of carboxylic acids is 1. The van der Waals surface area contributed by atoms with E-state index in [1.807, 2.05) is 0 Å². The summed E-state index contributed by atoms with van der Waals surface area (Å²) in [6.07, 6.45) is -0.361. The van der Waals surface area contributed by atoms with E-state index in [2.05, 4.69) is 0 Å². The average Bonchev–Trinajstić information content (AvgIpc) is 2.29. The van der Waals surface area contributed by atoms with Gasteiger partial charge in [0.25, 0.3) is 0 Å². The zero-order valence-corrected chi connectivity index (χ0v) is 8.84. The molecule has 0 saturated carbocycles. The Hall–Kier alpha value is -2.14. The zero-order chi connectivity index (χ0) is 12.4. The molecule has 0 saturated heterocycles. The van der Waals surface area contributed by atoms with Crippen molar-refractivity contribution in [2.45, 2.75) is 13.0 Å². The molecule has 0 aliphatic rings. The molecule has 0 amide bonds. The van der Waals surface area contributed by atoms with Crippen LogP contribution in [0.1, 0.15) is 11.1 Å². The van der Waals surface area contributed by atoms with Gasteiger partial charge in [-0.2, -0.15) is 0 Å². The molecule has 0 atom stereocenters. The van der Waals surface area contributed by atoms with E-state index >= 15 is 0 Å². The van der Waals surface area contributed by atoms with Crippen LogP contribution in [0.15, 0.2) is 33.5 Å². The molecule has 0 bridgehead atoms. The molecule has 0 unspecified atom stereocenters. The van der Waals surface area contributed by atoms with Gasteiger partial charge < -0.3 is 14.6 Å². The first-order valence-corrected chi connectivity index (χ1v) is 4.98. The number of aliphatic hydroxyl groups excluding tert-OH is 1. The van der Waals surface area contributed by atoms with E-state index in [0.29, 0.717) is 16.5 Å². The molecule has 0 radical (unpaired) electrons. The molecular weight excluding hydrogens is 224 g/mol. The van der Waals surface area contributed by atoms with Crippen molar-refractivity contribution in [1.82, 2.24) is 0 Å². The number of benzene rings is 1. The van der Waals surface area contributed by atoms with E-state index in [9.17, 15) is 9.59 Å². The van der Waals surface area contributed by atoms with E-state index in [4.69, 9.17) is 14.6 Å². The van der Waals surface area contributed by atoms with E-state index in [1.165, 1.54) is 6.07 Å². The fourth-order valence-electron chi connectivity index (χ4n) is 1.58. The van der Waals surface area contributed by atoms with Gasteiger partial charge >= 0.3 is 11.6 Å². The maximum absolute atomic E-state index is 11.5. The van der Waals surface area contributed by atoms with Crippen LogP contribution >= 0.6 is 0 Å². The van der Waals surface area contributed by atoms with Crippen molar-refractivity contribution >= 4 is 16.9 Å². The first kappa shape index (κ1) is 11.3. The van der Waals surface area contributed by atoms with Crippen LogP contribution in [-0.4, -0.2) is 16.2 Å². The fourth-order valence-corrected chi connectivity index (χ4v) is 1.58. The second-order valence-electron chi connectivity index (χ2n) is 3.66. The van der Waals surface area contributed by atoms with Crippen LogP contribution < -0.4 is 5.63 Å². The Morgan fingerprint density at radius 1 is 1.29 bits per heavy atom. The van der Waals surface area contributed by atoms with E-state index < -0.39 is 11.6 Å². The Kier molecular flexibility index (Phi) is 2.93. The SMILES string of the molecule is O=C(O)Cc1cc2ccc(CO)cc2oc1=O. The quantitative estimate of drug-likeness (QED) is 0.771. The monoisotopic (exact) mass is 234 g/mol. The van der Waals surface area contributed by atoms with Gasteiger partial charge in [-0.15, -0.1) is 0 Å². The van der Waals surface area contributed by atoms with Crippen LogP contribution in [0.2, 0.25) is 0 Å². The third-order valence-corrected chi connectivity index (χ3v) is 2.40. The molecular formula is C12H10O5. The van der Waals surface area contributed by atoms with Crippen LogP contribution in [0.25, 0.3) is 11.0 Å². The van der Waals surface area contributed by atoms with Crippen LogP contribution in [0.3, 0.4) is 0 Å². The average molecular weight is 234 g/mol. The highest BCUT2D eigenvalue weighted by atomic mass is 16.4. The van der Waals surface area contributed by atoms with Crippen molar-refractivity contribution in [3.63, 3.8) is 0 Å². The van der Waals surface area contributed by atoms with E-state index in [0.717, 1.165) is 0 Å². The molecule has 0 spiro atoms. The lowest BCUT2D eigenvalue weighted by molar-refractivity contribution is -0.136. The number of aliphatic hydroxyl groups is 1. The molecule has 17 heavy (non-hydrogen) atoms. The van der Waals surface area contributed by atoms with Crippen LogP contribution in [-0.2, 0) is 17.8 Å². The number of rotatable bonds is 3. The zero-order valence-electron chi connectivity index (χ0n) is 8.84. The highest BCUT2D eigenvalue weighted by Gasteiger charge is 2.09. The minimum atomic E-state index is -1.08. The molecule has 1 aromatic carbocycles. The van der Waals surface area contributed by atoms with E-state index in [1.54, 1.807) is 18.2 Å². The first-order valence-electron chi connectivity index (χ1n) is 4.98. The molecule has 0 fully saturated rings. The second kappa shape index (κ2) is 4.39. The van der Waals surface area contributed by atoms with Gasteiger partial charge in [-0.1, -0.05) is 12.1 Å². The summed E-state index contributed by atoms with van der Waals surface area (Å²) in [4.78, 5) is 22.0. The number of aliphatic carboxylic acids is 1. The Bertz CT molecular complexity index is 626. The van der Waals surface area contributed by atoms with Gasteiger partial charge in [-0.05, 0) is 17.7 Å². The molecule has 5 nitrogen and oxygen atoms in total. The van der Waals surface area contributed by atoms with Crippen molar-refractivity contribution < 1.29 is 19.4 Å². The molecule has 1 heterocycles. The Balaban J connectivity index is 2.58. The molecule has 2 aromatic rings. The van der Waals surface area contributed by atoms with Gasteiger partial charge in [0.2, 0.25) is 0 Å². The van der Waals surface area contributed by atoms with Crippen LogP contribution in [0.5, 0.6) is 0 Å². The van der Waals surface area contributed by atoms with Gasteiger partial charge in [0, 0.05) is 10.9 Å². The van der Waals surface area contributed by atoms with Crippen LogP contribution in [0.4, 0.5) is 0 Å². The summed E-state index contributed by atoms with van der Waals surface area (Å²) in [5, 5.41) is 18.2. The van der Waals surface area contributed by atoms with Gasteiger partial charge in [0.1, 0.15) is 5.58 Å². The molecule has 1 aromatic heterocycles. The van der Waals surface area contributed by atoms with Crippen molar-refractivity contribution in [3.05, 3.63) is 45.8 Å². The number of carboxylic acid groups (broad SMARTS) is 1. The molecule has 2 N–H and O–H groups in total. The molecule has 5 heteroatoms. The lowest BCUT2D eigenvalue weighted by Crippen LogP contribution is -2.12. The van der Waals surface area contributed by atoms with Crippen LogP contribution in [0, 0.1) is 0 Å². The van der Waals surface area contributed by atoms with Gasteiger partial charge in [-0.25, -0.2) is 4.79 Å². The summed E-state index contributed by atoms with van der Waals surface area (Å²) in [5.41, 5.74) is 0.430. The molecule has 2 rings (SSSR count). The normalized spacial score (nSPS) is 10.6. The summed E-state index contributed by atoms with van der Waals surface area (Å²) in [6.45, 7) is -0.142. The highest BCUT2D eigenvalue weighted by molar-refractivity contribution is 5.79. The maximum atomic E-state index is 11.5. The molecule has 88 valence electrons. The van der Waals surface area contributed by atoms with Crippen molar-refractivity contribution in [2.24, 2.45) is 0 Å². The summed E-state index contributed by atoms with van der Waals surface area (Å²) < 4.78 is 5.01. The first-order chi connectivity index (χ1) is 8.10. The minimum absolute atomic E-state index is 0.113. The van der Waals surface area contributed by atoms with Crippen molar-refractivity contribution in [3.8, 4) is 0 Å². The predicted octanol–water partition coefficient (Wildman–Crippen LogP) is 0.912. The third kappa shape index (κ3) is 2.34. The fraction of sp³-hybridized carbons (Fsp3) is 0.167. The smallest absolute Gasteiger partial charge is 0.340 e. The van der Waals surface area contributed by atoms with Crippen molar-refractivity contribution in [2.75, 3.05) is 0 Å². The summed E-state index contributed by atoms with van der Waals surface area (Å²) in [5.74, 6) is -1.08. The summed E-state index contributed by atoms with van der Waals surface area (Å²) in [7, 11) is 0. The molecule has 0 aliphatic carbocycles. The Labute approximate surface area is 95.9 Å². The standard InChI is InChI=1S/C12H10O5/c13-6-7-1-2-8-4-9(5-11(14)15)12(16)17-10(8)3-7/h1-4,13H,5-6H2,(H,14,15). The predicted molar refractivity (Wildman–Crippen MR) is 59.7 cm³/mol. The van der Waals surface area contributed by atoms with Gasteiger partial charge in [-0.3, -0.25) is 4.79 Å². The molecule has 0 aliphatic heterocycles. The maximum Gasteiger partial charge on any atom is 0.340 e. The third-order valence-electron chi connectivity index (χ3n) is 2.40. The number of fused-ring (bicyclic) bond motifs is 1. The van der Waals surface area contributed by atoms with E-state index in [-0.39, 0.29) is 18.6 Å². The summed E-state index contributed by atoms with van der Waals surface area (Å²) >= 11 is 0. The van der Waals surface area contributed by atoms with Crippen molar-refractivity contribution in [1.29, 1.82) is 0 Å². The minimum Gasteiger partial charge on any atom is -0.481 e. The Morgan fingerprint density at radius 2 is 2.06 bits per heavy atom. The lowest BCUT2D eigenvalue weighted by Gasteiger charge is -2.01. The Morgan fingerprint density at radius 3 is 2.71 bits per heavy atom. The topological polar surface area (TPSA) is 87.7 Å². The second-order valence-corrected chi connectivity index (χ2v) is 3.66. The highest BCUT2D eigenvalue weighted by Crippen LogP contribution is 2.16. The lowest BCUT2D eigenvalue weighted by atomic mass is 10.1.